The molecule has 1 saturated heterocycles. The second-order valence-corrected chi connectivity index (χ2v) is 11.2. The van der Waals surface area contributed by atoms with Crippen LogP contribution in [0.15, 0.2) is 52.3 Å². The molecule has 0 saturated carbocycles. The summed E-state index contributed by atoms with van der Waals surface area (Å²) in [5.41, 5.74) is -0.102. The number of benzene rings is 2. The zero-order chi connectivity index (χ0) is 22.1. The molecule has 0 bridgehead atoms. The molecule has 11 heteroatoms. The minimum Gasteiger partial charge on any atom is -0.478 e. The van der Waals surface area contributed by atoms with Crippen LogP contribution in [-0.4, -0.2) is 45.3 Å². The van der Waals surface area contributed by atoms with Gasteiger partial charge in [-0.2, -0.15) is 4.31 Å². The number of hydrogen-bond acceptors (Lipinski definition) is 5. The Labute approximate surface area is 180 Å². The molecule has 0 amide bonds. The van der Waals surface area contributed by atoms with E-state index in [4.69, 9.17) is 16.7 Å². The van der Waals surface area contributed by atoms with Crippen molar-refractivity contribution in [3.05, 3.63) is 53.1 Å². The fourth-order valence-corrected chi connectivity index (χ4v) is 6.44. The summed E-state index contributed by atoms with van der Waals surface area (Å²) < 4.78 is 54.7. The smallest absolute Gasteiger partial charge is 0.335 e. The van der Waals surface area contributed by atoms with Crippen LogP contribution in [0.1, 0.15) is 30.1 Å². The lowest BCUT2D eigenvalue weighted by Crippen LogP contribution is -2.39. The molecular weight excluding hydrogens is 452 g/mol. The van der Waals surface area contributed by atoms with Gasteiger partial charge in [-0.3, -0.25) is 4.72 Å². The van der Waals surface area contributed by atoms with Gasteiger partial charge in [0, 0.05) is 18.8 Å². The highest BCUT2D eigenvalue weighted by molar-refractivity contribution is 7.92. The van der Waals surface area contributed by atoms with Crippen LogP contribution in [0.4, 0.5) is 5.69 Å². The molecule has 1 aliphatic heterocycles. The highest BCUT2D eigenvalue weighted by Crippen LogP contribution is 2.27. The van der Waals surface area contributed by atoms with Crippen LogP contribution < -0.4 is 4.72 Å². The Hall–Kier alpha value is -2.14. The molecule has 0 unspecified atom stereocenters. The predicted molar refractivity (Wildman–Crippen MR) is 113 cm³/mol. The zero-order valence-corrected chi connectivity index (χ0v) is 18.5. The van der Waals surface area contributed by atoms with Gasteiger partial charge in [0.2, 0.25) is 10.0 Å². The third kappa shape index (κ3) is 4.77. The van der Waals surface area contributed by atoms with Crippen molar-refractivity contribution in [2.75, 3.05) is 17.8 Å². The van der Waals surface area contributed by atoms with E-state index in [9.17, 15) is 21.6 Å². The van der Waals surface area contributed by atoms with E-state index in [1.54, 1.807) is 0 Å². The Morgan fingerprint density at radius 1 is 1.13 bits per heavy atom. The fraction of sp³-hybridized carbons (Fsp3) is 0.316. The molecule has 162 valence electrons. The van der Waals surface area contributed by atoms with Gasteiger partial charge in [0.25, 0.3) is 10.0 Å². The first-order valence-corrected chi connectivity index (χ1v) is 12.5. The van der Waals surface area contributed by atoms with Crippen molar-refractivity contribution in [2.45, 2.75) is 29.6 Å². The third-order valence-corrected chi connectivity index (χ3v) is 8.57. The van der Waals surface area contributed by atoms with Gasteiger partial charge in [-0.15, -0.1) is 0 Å². The van der Waals surface area contributed by atoms with E-state index >= 15 is 0 Å². The van der Waals surface area contributed by atoms with Gasteiger partial charge in [-0.1, -0.05) is 18.5 Å². The lowest BCUT2D eigenvalue weighted by atomic mass is 10.0. The van der Waals surface area contributed by atoms with Gasteiger partial charge >= 0.3 is 5.97 Å². The molecule has 0 radical (unpaired) electrons. The molecule has 30 heavy (non-hydrogen) atoms. The second kappa shape index (κ2) is 8.54. The Morgan fingerprint density at radius 2 is 1.80 bits per heavy atom. The first kappa shape index (κ1) is 22.5. The maximum atomic E-state index is 12.8. The first-order valence-electron chi connectivity index (χ1n) is 9.16. The quantitative estimate of drug-likeness (QED) is 0.665. The third-order valence-electron chi connectivity index (χ3n) is 4.83. The number of nitrogens with zero attached hydrogens (tertiary/aromatic N) is 1. The topological polar surface area (TPSA) is 121 Å². The summed E-state index contributed by atoms with van der Waals surface area (Å²) in [5, 5.41) is 8.93. The first-order chi connectivity index (χ1) is 14.0. The molecular formula is C19H21ClN2O6S2. The summed E-state index contributed by atoms with van der Waals surface area (Å²) in [6.45, 7) is 2.92. The monoisotopic (exact) mass is 472 g/mol. The molecule has 0 aliphatic carbocycles. The number of carboxylic acid groups (broad SMARTS) is 1. The molecule has 0 aromatic heterocycles. The normalized spacial score (nSPS) is 18.1. The number of piperidine rings is 1. The van der Waals surface area contributed by atoms with Crippen molar-refractivity contribution in [1.82, 2.24) is 4.31 Å². The van der Waals surface area contributed by atoms with Crippen molar-refractivity contribution in [1.29, 1.82) is 0 Å². The number of aromatic carboxylic acids is 1. The van der Waals surface area contributed by atoms with Gasteiger partial charge < -0.3 is 5.11 Å². The molecule has 1 heterocycles. The molecule has 1 aliphatic rings. The molecule has 2 aromatic carbocycles. The molecule has 2 N–H and O–H groups in total. The van der Waals surface area contributed by atoms with E-state index in [2.05, 4.69) is 4.72 Å². The van der Waals surface area contributed by atoms with Crippen LogP contribution in [0.25, 0.3) is 0 Å². The molecule has 8 nitrogen and oxygen atoms in total. The summed E-state index contributed by atoms with van der Waals surface area (Å²) in [6.07, 6.45) is 1.78. The summed E-state index contributed by atoms with van der Waals surface area (Å²) in [5.74, 6) is -1.00. The number of sulfonamides is 2. The van der Waals surface area contributed by atoms with Crippen LogP contribution in [0.3, 0.4) is 0 Å². The lowest BCUT2D eigenvalue weighted by molar-refractivity contribution is 0.0696. The maximum Gasteiger partial charge on any atom is 0.335 e. The summed E-state index contributed by atoms with van der Waals surface area (Å²) in [7, 11) is -7.84. The summed E-state index contributed by atoms with van der Waals surface area (Å²) in [6, 6.07) is 8.70. The molecule has 1 fully saturated rings. The van der Waals surface area contributed by atoms with Crippen LogP contribution >= 0.6 is 11.6 Å². The van der Waals surface area contributed by atoms with E-state index in [1.807, 2.05) is 6.92 Å². The van der Waals surface area contributed by atoms with E-state index in [1.165, 1.54) is 40.7 Å². The number of nitrogens with one attached hydrogen (secondary N) is 1. The Bertz CT molecular complexity index is 1160. The minimum absolute atomic E-state index is 0.0745. The minimum atomic E-state index is -4.18. The van der Waals surface area contributed by atoms with E-state index in [-0.39, 0.29) is 32.0 Å². The largest absolute Gasteiger partial charge is 0.478 e. The standard InChI is InChI=1S/C19H21ClN2O6S2/c1-13-3-2-10-22(12-13)30(27,28)16-7-5-15(6-8-16)21-29(25,26)18-11-14(19(23)24)4-9-17(18)20/h4-9,11,13,21H,2-3,10,12H2,1H3,(H,23,24)/t13-/m1/s1. The number of halogens is 1. The molecule has 1 atom stereocenters. The zero-order valence-electron chi connectivity index (χ0n) is 16.1. The van der Waals surface area contributed by atoms with Gasteiger partial charge in [0.15, 0.2) is 0 Å². The summed E-state index contributed by atoms with van der Waals surface area (Å²) >= 11 is 5.94. The van der Waals surface area contributed by atoms with Crippen LogP contribution in [0.2, 0.25) is 5.02 Å². The van der Waals surface area contributed by atoms with Gasteiger partial charge in [0.05, 0.1) is 15.5 Å². The lowest BCUT2D eigenvalue weighted by Gasteiger charge is -2.30. The van der Waals surface area contributed by atoms with E-state index < -0.39 is 26.0 Å². The van der Waals surface area contributed by atoms with E-state index in [0.717, 1.165) is 18.9 Å². The Balaban J connectivity index is 1.83. The van der Waals surface area contributed by atoms with Crippen LogP contribution in [0.5, 0.6) is 0 Å². The Morgan fingerprint density at radius 3 is 2.40 bits per heavy atom. The van der Waals surface area contributed by atoms with Gasteiger partial charge in [-0.25, -0.2) is 21.6 Å². The van der Waals surface area contributed by atoms with Crippen molar-refractivity contribution in [3.8, 4) is 0 Å². The SMILES string of the molecule is C[C@@H]1CCCN(S(=O)(=O)c2ccc(NS(=O)(=O)c3cc(C(=O)O)ccc3Cl)cc2)C1. The van der Waals surface area contributed by atoms with Crippen molar-refractivity contribution >= 4 is 43.3 Å². The van der Waals surface area contributed by atoms with Crippen molar-refractivity contribution < 1.29 is 26.7 Å². The van der Waals surface area contributed by atoms with Crippen LogP contribution in [-0.2, 0) is 20.0 Å². The average Bonchev–Trinajstić information content (AvgIpc) is 2.68. The number of anilines is 1. The summed E-state index contributed by atoms with van der Waals surface area (Å²) in [4.78, 5) is 10.8. The highest BCUT2D eigenvalue weighted by atomic mass is 35.5. The second-order valence-electron chi connectivity index (χ2n) is 7.19. The predicted octanol–water partition coefficient (Wildman–Crippen LogP) is 3.26. The number of rotatable bonds is 6. The number of carbonyl (C=O) groups is 1. The van der Waals surface area contributed by atoms with Crippen molar-refractivity contribution in [2.24, 2.45) is 5.92 Å². The fourth-order valence-electron chi connectivity index (χ4n) is 3.26. The number of hydrogen-bond donors (Lipinski definition) is 2. The highest BCUT2D eigenvalue weighted by Gasteiger charge is 2.28. The molecule has 0 spiro atoms. The number of carboxylic acids is 1. The average molecular weight is 473 g/mol. The van der Waals surface area contributed by atoms with Crippen molar-refractivity contribution in [3.63, 3.8) is 0 Å². The molecule has 2 aromatic rings. The maximum absolute atomic E-state index is 12.8. The van der Waals surface area contributed by atoms with E-state index in [0.29, 0.717) is 13.1 Å². The van der Waals surface area contributed by atoms with Crippen LogP contribution in [0, 0.1) is 5.92 Å². The Kier molecular flexibility index (Phi) is 6.42. The molecule has 3 rings (SSSR count). The van der Waals surface area contributed by atoms with Gasteiger partial charge in [0.1, 0.15) is 4.90 Å². The van der Waals surface area contributed by atoms with Gasteiger partial charge in [-0.05, 0) is 61.2 Å².